The molecule has 1 heterocycles. The Morgan fingerprint density at radius 3 is 2.37 bits per heavy atom. The van der Waals surface area contributed by atoms with Crippen molar-refractivity contribution >= 4 is 17.2 Å². The van der Waals surface area contributed by atoms with Crippen LogP contribution in [0.3, 0.4) is 0 Å². The van der Waals surface area contributed by atoms with Crippen molar-refractivity contribution in [3.63, 3.8) is 0 Å². The van der Waals surface area contributed by atoms with Crippen LogP contribution in [0.2, 0.25) is 0 Å². The molecule has 1 atom stereocenters. The highest BCUT2D eigenvalue weighted by Gasteiger charge is 2.38. The Hall–Kier alpha value is -2.02. The van der Waals surface area contributed by atoms with Crippen molar-refractivity contribution < 1.29 is 23.1 Å². The summed E-state index contributed by atoms with van der Waals surface area (Å²) in [5.41, 5.74) is 11.4. The lowest BCUT2D eigenvalue weighted by Crippen LogP contribution is -2.26. The fourth-order valence-electron chi connectivity index (χ4n) is 3.47. The van der Waals surface area contributed by atoms with E-state index in [0.717, 1.165) is 24.7 Å². The van der Waals surface area contributed by atoms with Gasteiger partial charge in [-0.25, -0.2) is 4.79 Å². The maximum absolute atomic E-state index is 10.6. The molecule has 0 bridgehead atoms. The average molecular weight is 384 g/mol. The summed E-state index contributed by atoms with van der Waals surface area (Å²) >= 11 is 0. The summed E-state index contributed by atoms with van der Waals surface area (Å²) < 4.78 is 31.7. The summed E-state index contributed by atoms with van der Waals surface area (Å²) in [5, 5.41) is 10.6. The second-order valence-corrected chi connectivity index (χ2v) is 7.28. The average Bonchev–Trinajstić information content (AvgIpc) is 2.63. The lowest BCUT2D eigenvalue weighted by molar-refractivity contribution is -0.192. The molecule has 0 spiro atoms. The third-order valence-electron chi connectivity index (χ3n) is 5.15. The summed E-state index contributed by atoms with van der Waals surface area (Å²) in [4.78, 5) is 8.90. The number of allylic oxidation sites excluding steroid dienone is 2. The fraction of sp³-hybridized carbons (Fsp3) is 0.550. The van der Waals surface area contributed by atoms with Crippen molar-refractivity contribution in [2.75, 3.05) is 18.8 Å². The summed E-state index contributed by atoms with van der Waals surface area (Å²) in [6.45, 7) is 4.62. The number of carbonyl (C=O) groups is 1. The first kappa shape index (κ1) is 21.3. The number of carboxylic acid groups (broad SMARTS) is 1. The number of nitrogens with one attached hydrogen (secondary N) is 1. The van der Waals surface area contributed by atoms with Gasteiger partial charge in [-0.3, -0.25) is 0 Å². The number of hydrogen-bond donors (Lipinski definition) is 3. The van der Waals surface area contributed by atoms with Crippen LogP contribution in [-0.4, -0.2) is 30.3 Å². The van der Waals surface area contributed by atoms with Gasteiger partial charge in [0.05, 0.1) is 0 Å². The topological polar surface area (TPSA) is 75.3 Å². The van der Waals surface area contributed by atoms with Crippen LogP contribution in [0.1, 0.15) is 56.1 Å². The molecule has 1 fully saturated rings. The number of piperidine rings is 1. The predicted molar refractivity (Wildman–Crippen MR) is 100 cm³/mol. The van der Waals surface area contributed by atoms with Crippen LogP contribution in [0, 0.1) is 5.92 Å². The van der Waals surface area contributed by atoms with E-state index in [1.165, 1.54) is 48.8 Å². The molecule has 7 heteroatoms. The maximum atomic E-state index is 10.6. The van der Waals surface area contributed by atoms with Crippen molar-refractivity contribution in [3.8, 4) is 0 Å². The number of hydrogen-bond acceptors (Lipinski definition) is 3. The zero-order valence-corrected chi connectivity index (χ0v) is 15.5. The zero-order valence-electron chi connectivity index (χ0n) is 15.5. The van der Waals surface area contributed by atoms with Crippen LogP contribution in [-0.2, 0) is 4.79 Å². The number of nitrogens with two attached hydrogens (primary N) is 1. The molecule has 27 heavy (non-hydrogen) atoms. The third-order valence-corrected chi connectivity index (χ3v) is 5.15. The van der Waals surface area contributed by atoms with Crippen LogP contribution in [0.5, 0.6) is 0 Å². The van der Waals surface area contributed by atoms with Crippen molar-refractivity contribution in [1.82, 2.24) is 5.32 Å². The highest BCUT2D eigenvalue weighted by atomic mass is 19.4. The molecule has 4 N–H and O–H groups in total. The Morgan fingerprint density at radius 2 is 1.85 bits per heavy atom. The second kappa shape index (κ2) is 9.26. The van der Waals surface area contributed by atoms with Gasteiger partial charge in [-0.2, -0.15) is 13.2 Å². The second-order valence-electron chi connectivity index (χ2n) is 7.28. The maximum Gasteiger partial charge on any atom is 0.490 e. The minimum Gasteiger partial charge on any atom is -0.475 e. The van der Waals surface area contributed by atoms with Gasteiger partial charge in [-0.1, -0.05) is 19.1 Å². The SMILES string of the molecule is CC1CC=C(c2cc(C3CCNCC3)ccc2N)CC1.O=C(O)C(F)(F)F. The standard InChI is InChI=1S/C18H26N2.C2HF3O2/c1-13-2-4-15(5-3-13)17-12-16(6-7-18(17)19)14-8-10-20-11-9-14;3-2(4,5)1(6)7/h4,6-7,12-14,20H,2-3,5,8-11,19H2,1H3;(H,6,7). The minimum absolute atomic E-state index is 0.707. The summed E-state index contributed by atoms with van der Waals surface area (Å²) in [5.74, 6) is -1.22. The first-order chi connectivity index (χ1) is 12.7. The van der Waals surface area contributed by atoms with Gasteiger partial charge in [-0.15, -0.1) is 0 Å². The molecule has 1 aromatic rings. The Kier molecular flexibility index (Phi) is 7.30. The van der Waals surface area contributed by atoms with E-state index in [1.807, 2.05) is 0 Å². The first-order valence-corrected chi connectivity index (χ1v) is 9.28. The molecule has 0 aromatic heterocycles. The van der Waals surface area contributed by atoms with Gasteiger partial charge in [0.1, 0.15) is 0 Å². The van der Waals surface area contributed by atoms with Crippen molar-refractivity contribution in [2.24, 2.45) is 5.92 Å². The highest BCUT2D eigenvalue weighted by molar-refractivity contribution is 5.76. The zero-order chi connectivity index (χ0) is 20.0. The number of benzene rings is 1. The van der Waals surface area contributed by atoms with Gasteiger partial charge in [-0.05, 0) is 80.3 Å². The number of aliphatic carboxylic acids is 1. The summed E-state index contributed by atoms with van der Waals surface area (Å²) in [6, 6.07) is 6.72. The molecule has 1 unspecified atom stereocenters. The highest BCUT2D eigenvalue weighted by Crippen LogP contribution is 2.35. The van der Waals surface area contributed by atoms with Crippen molar-refractivity contribution in [3.05, 3.63) is 35.4 Å². The predicted octanol–water partition coefficient (Wildman–Crippen LogP) is 4.57. The molecule has 1 aromatic carbocycles. The van der Waals surface area contributed by atoms with Crippen LogP contribution in [0.25, 0.3) is 5.57 Å². The molecule has 3 rings (SSSR count). The van der Waals surface area contributed by atoms with Crippen LogP contribution >= 0.6 is 0 Å². The molecule has 0 radical (unpaired) electrons. The van der Waals surface area contributed by atoms with E-state index in [0.29, 0.717) is 5.92 Å². The van der Waals surface area contributed by atoms with E-state index in [-0.39, 0.29) is 0 Å². The van der Waals surface area contributed by atoms with E-state index < -0.39 is 12.1 Å². The van der Waals surface area contributed by atoms with E-state index in [2.05, 4.69) is 36.5 Å². The van der Waals surface area contributed by atoms with Crippen LogP contribution in [0.4, 0.5) is 18.9 Å². The minimum atomic E-state index is -5.08. The van der Waals surface area contributed by atoms with Crippen molar-refractivity contribution in [2.45, 2.75) is 51.1 Å². The molecular weight excluding hydrogens is 357 g/mol. The Morgan fingerprint density at radius 1 is 1.22 bits per heavy atom. The number of rotatable bonds is 2. The number of halogens is 3. The van der Waals surface area contributed by atoms with Gasteiger partial charge >= 0.3 is 12.1 Å². The normalized spacial score (nSPS) is 21.0. The Bertz CT molecular complexity index is 680. The largest absolute Gasteiger partial charge is 0.490 e. The molecule has 150 valence electrons. The molecule has 1 aliphatic heterocycles. The lowest BCUT2D eigenvalue weighted by atomic mass is 9.84. The van der Waals surface area contributed by atoms with Gasteiger partial charge in [0, 0.05) is 11.3 Å². The molecule has 2 aliphatic rings. The van der Waals surface area contributed by atoms with Gasteiger partial charge in [0.2, 0.25) is 0 Å². The Labute approximate surface area is 157 Å². The fourth-order valence-corrected chi connectivity index (χ4v) is 3.47. The molecule has 1 aliphatic carbocycles. The summed E-state index contributed by atoms with van der Waals surface area (Å²) in [6.07, 6.45) is 3.50. The van der Waals surface area contributed by atoms with E-state index in [1.54, 1.807) is 0 Å². The van der Waals surface area contributed by atoms with E-state index >= 15 is 0 Å². The lowest BCUT2D eigenvalue weighted by Gasteiger charge is -2.25. The molecular formula is C20H27F3N2O2. The van der Waals surface area contributed by atoms with Gasteiger partial charge in [0.25, 0.3) is 0 Å². The number of carboxylic acids is 1. The third kappa shape index (κ3) is 6.27. The van der Waals surface area contributed by atoms with E-state index in [9.17, 15) is 13.2 Å². The molecule has 0 saturated carbocycles. The molecule has 0 amide bonds. The van der Waals surface area contributed by atoms with E-state index in [4.69, 9.17) is 15.6 Å². The Balaban J connectivity index is 0.000000321. The first-order valence-electron chi connectivity index (χ1n) is 9.28. The van der Waals surface area contributed by atoms with Crippen LogP contribution in [0.15, 0.2) is 24.3 Å². The van der Waals surface area contributed by atoms with Crippen LogP contribution < -0.4 is 11.1 Å². The molecule has 1 saturated heterocycles. The van der Waals surface area contributed by atoms with Gasteiger partial charge in [0.15, 0.2) is 0 Å². The molecule has 4 nitrogen and oxygen atoms in total. The smallest absolute Gasteiger partial charge is 0.475 e. The monoisotopic (exact) mass is 384 g/mol. The quantitative estimate of drug-likeness (QED) is 0.653. The number of alkyl halides is 3. The van der Waals surface area contributed by atoms with Gasteiger partial charge < -0.3 is 16.2 Å². The number of anilines is 1. The van der Waals surface area contributed by atoms with Crippen molar-refractivity contribution in [1.29, 1.82) is 0 Å². The summed E-state index contributed by atoms with van der Waals surface area (Å²) in [7, 11) is 0. The number of nitrogen functional groups attached to an aromatic ring is 1.